The number of hydrogen-bond acceptors (Lipinski definition) is 3. The summed E-state index contributed by atoms with van der Waals surface area (Å²) in [5, 5.41) is 18.4. The maximum absolute atomic E-state index is 12.4. The maximum atomic E-state index is 12.4. The van der Waals surface area contributed by atoms with Crippen LogP contribution in [-0.2, 0) is 0 Å². The van der Waals surface area contributed by atoms with Crippen LogP contribution >= 0.6 is 15.9 Å². The molecule has 1 amide bonds. The van der Waals surface area contributed by atoms with E-state index in [0.29, 0.717) is 11.3 Å². The van der Waals surface area contributed by atoms with E-state index >= 15 is 0 Å². The molecule has 6 heteroatoms. The molecule has 108 valence electrons. The lowest BCUT2D eigenvalue weighted by molar-refractivity contribution is 0.0653. The molecule has 1 heterocycles. The molecule has 5 nitrogen and oxygen atoms in total. The molecule has 0 spiro atoms. The molecule has 1 aromatic heterocycles. The summed E-state index contributed by atoms with van der Waals surface area (Å²) in [6.45, 7) is -0.190. The van der Waals surface area contributed by atoms with Crippen LogP contribution < -0.4 is 0 Å². The van der Waals surface area contributed by atoms with Crippen molar-refractivity contribution in [2.75, 3.05) is 13.7 Å². The second kappa shape index (κ2) is 6.57. The monoisotopic (exact) mass is 347 g/mol. The molecule has 0 fully saturated rings. The summed E-state index contributed by atoms with van der Waals surface area (Å²) in [5.41, 5.74) is 1.55. The molecule has 2 rings (SSSR count). The van der Waals surface area contributed by atoms with Gasteiger partial charge in [-0.3, -0.25) is 4.79 Å². The van der Waals surface area contributed by atoms with Crippen molar-refractivity contribution < 1.29 is 9.90 Å². The zero-order chi connectivity index (χ0) is 15.4. The third kappa shape index (κ3) is 3.32. The summed E-state index contributed by atoms with van der Waals surface area (Å²) in [5.74, 6) is -0.282. The topological polar surface area (TPSA) is 80.1 Å². The first kappa shape index (κ1) is 15.3. The molecule has 0 aliphatic carbocycles. The number of aromatic amines is 1. The first-order valence-electron chi connectivity index (χ1n) is 6.28. The minimum absolute atomic E-state index is 0.190. The number of aromatic nitrogens is 1. The maximum Gasteiger partial charge on any atom is 0.270 e. The first-order valence-corrected chi connectivity index (χ1v) is 7.08. The van der Waals surface area contributed by atoms with Gasteiger partial charge in [0.15, 0.2) is 0 Å². The van der Waals surface area contributed by atoms with Crippen molar-refractivity contribution in [2.45, 2.75) is 6.04 Å². The molecule has 0 aliphatic heterocycles. The van der Waals surface area contributed by atoms with Gasteiger partial charge in [0.1, 0.15) is 11.8 Å². The Bertz CT molecular complexity index is 690. The standard InChI is InChI=1S/C15H14BrN3O2/c1-19(15(21)13-5-10(7-17)8-18-13)14(9-20)11-3-2-4-12(16)6-11/h2-6,8,14,18,20H,9H2,1H3/t14-/m1/s1. The van der Waals surface area contributed by atoms with E-state index in [1.54, 1.807) is 7.05 Å². The number of nitrogens with zero attached hydrogens (tertiary/aromatic N) is 2. The van der Waals surface area contributed by atoms with Crippen LogP contribution in [-0.4, -0.2) is 34.6 Å². The van der Waals surface area contributed by atoms with Gasteiger partial charge in [-0.1, -0.05) is 28.1 Å². The Balaban J connectivity index is 2.25. The molecule has 0 unspecified atom stereocenters. The number of nitrogens with one attached hydrogen (secondary N) is 1. The normalized spacial score (nSPS) is 11.7. The highest BCUT2D eigenvalue weighted by Crippen LogP contribution is 2.23. The van der Waals surface area contributed by atoms with Crippen molar-refractivity contribution in [1.29, 1.82) is 5.26 Å². The lowest BCUT2D eigenvalue weighted by atomic mass is 10.1. The van der Waals surface area contributed by atoms with E-state index in [2.05, 4.69) is 20.9 Å². The quantitative estimate of drug-likeness (QED) is 0.891. The summed E-state index contributed by atoms with van der Waals surface area (Å²) in [6, 6.07) is 10.4. The van der Waals surface area contributed by atoms with Gasteiger partial charge in [0, 0.05) is 17.7 Å². The fourth-order valence-corrected chi connectivity index (χ4v) is 2.50. The highest BCUT2D eigenvalue weighted by molar-refractivity contribution is 9.10. The van der Waals surface area contributed by atoms with E-state index in [-0.39, 0.29) is 12.5 Å². The summed E-state index contributed by atoms with van der Waals surface area (Å²) in [4.78, 5) is 16.6. The van der Waals surface area contributed by atoms with E-state index in [9.17, 15) is 9.90 Å². The minimum atomic E-state index is -0.455. The van der Waals surface area contributed by atoms with Gasteiger partial charge in [-0.05, 0) is 23.8 Å². The Hall–Kier alpha value is -2.10. The number of likely N-dealkylation sites (N-methyl/N-ethyl adjacent to an activating group) is 1. The van der Waals surface area contributed by atoms with E-state index in [4.69, 9.17) is 5.26 Å². The van der Waals surface area contributed by atoms with Crippen LogP contribution in [0.1, 0.15) is 27.7 Å². The van der Waals surface area contributed by atoms with E-state index in [1.807, 2.05) is 30.3 Å². The summed E-state index contributed by atoms with van der Waals surface area (Å²) in [6.07, 6.45) is 1.48. The second-order valence-corrected chi connectivity index (χ2v) is 5.50. The molecule has 0 saturated carbocycles. The molecule has 1 atom stereocenters. The number of rotatable bonds is 4. The third-order valence-corrected chi connectivity index (χ3v) is 3.73. The lowest BCUT2D eigenvalue weighted by Gasteiger charge is -2.26. The second-order valence-electron chi connectivity index (χ2n) is 4.58. The fraction of sp³-hybridized carbons (Fsp3) is 0.200. The van der Waals surface area contributed by atoms with Gasteiger partial charge in [-0.2, -0.15) is 5.26 Å². The fourth-order valence-electron chi connectivity index (χ4n) is 2.08. The van der Waals surface area contributed by atoms with Crippen LogP contribution in [0.25, 0.3) is 0 Å². The molecular formula is C15H14BrN3O2. The number of hydrogen-bond donors (Lipinski definition) is 2. The molecule has 2 N–H and O–H groups in total. The van der Waals surface area contributed by atoms with Crippen LogP contribution in [0.5, 0.6) is 0 Å². The number of carbonyl (C=O) groups is 1. The number of aliphatic hydroxyl groups is 1. The van der Waals surface area contributed by atoms with Crippen LogP contribution in [0.3, 0.4) is 0 Å². The van der Waals surface area contributed by atoms with Gasteiger partial charge in [0.25, 0.3) is 5.91 Å². The zero-order valence-corrected chi connectivity index (χ0v) is 13.0. The Kier molecular flexibility index (Phi) is 4.78. The van der Waals surface area contributed by atoms with Gasteiger partial charge < -0.3 is 15.0 Å². The summed E-state index contributed by atoms with van der Waals surface area (Å²) < 4.78 is 0.880. The van der Waals surface area contributed by atoms with Crippen molar-refractivity contribution in [1.82, 2.24) is 9.88 Å². The molecule has 2 aromatic rings. The van der Waals surface area contributed by atoms with Gasteiger partial charge in [-0.15, -0.1) is 0 Å². The number of H-pyrrole nitrogens is 1. The summed E-state index contributed by atoms with van der Waals surface area (Å²) in [7, 11) is 1.62. The van der Waals surface area contributed by atoms with Gasteiger partial charge in [0.2, 0.25) is 0 Å². The molecule has 21 heavy (non-hydrogen) atoms. The van der Waals surface area contributed by atoms with E-state index in [1.165, 1.54) is 17.2 Å². The number of aliphatic hydroxyl groups excluding tert-OH is 1. The highest BCUT2D eigenvalue weighted by atomic mass is 79.9. The number of benzene rings is 1. The van der Waals surface area contributed by atoms with Gasteiger partial charge in [0.05, 0.1) is 18.2 Å². The average Bonchev–Trinajstić information content (AvgIpc) is 2.96. The number of halogens is 1. The predicted octanol–water partition coefficient (Wildman–Crippen LogP) is 2.45. The smallest absolute Gasteiger partial charge is 0.270 e. The van der Waals surface area contributed by atoms with Crippen molar-refractivity contribution in [2.24, 2.45) is 0 Å². The minimum Gasteiger partial charge on any atom is -0.394 e. The van der Waals surface area contributed by atoms with Crippen LogP contribution in [0, 0.1) is 11.3 Å². The Morgan fingerprint density at radius 1 is 1.52 bits per heavy atom. The number of nitriles is 1. The Labute approximate surface area is 130 Å². The molecule has 0 radical (unpaired) electrons. The van der Waals surface area contributed by atoms with Gasteiger partial charge >= 0.3 is 0 Å². The SMILES string of the molecule is CN(C(=O)c1cc(C#N)c[nH]1)[C@H](CO)c1cccc(Br)c1. The molecule has 1 aromatic carbocycles. The van der Waals surface area contributed by atoms with Crippen molar-refractivity contribution >= 4 is 21.8 Å². The van der Waals surface area contributed by atoms with E-state index < -0.39 is 6.04 Å². The van der Waals surface area contributed by atoms with Crippen LogP contribution in [0.2, 0.25) is 0 Å². The zero-order valence-electron chi connectivity index (χ0n) is 11.4. The largest absolute Gasteiger partial charge is 0.394 e. The number of carbonyl (C=O) groups excluding carboxylic acids is 1. The van der Waals surface area contributed by atoms with Crippen molar-refractivity contribution in [3.8, 4) is 6.07 Å². The number of amides is 1. The predicted molar refractivity (Wildman–Crippen MR) is 81.6 cm³/mol. The molecule has 0 bridgehead atoms. The molecular weight excluding hydrogens is 334 g/mol. The highest BCUT2D eigenvalue weighted by Gasteiger charge is 2.23. The van der Waals surface area contributed by atoms with Gasteiger partial charge in [-0.25, -0.2) is 0 Å². The first-order chi connectivity index (χ1) is 10.1. The summed E-state index contributed by atoms with van der Waals surface area (Å²) >= 11 is 3.38. The Morgan fingerprint density at radius 3 is 2.86 bits per heavy atom. The van der Waals surface area contributed by atoms with Crippen molar-refractivity contribution in [3.05, 3.63) is 57.8 Å². The Morgan fingerprint density at radius 2 is 2.29 bits per heavy atom. The van der Waals surface area contributed by atoms with Crippen LogP contribution in [0.15, 0.2) is 41.0 Å². The van der Waals surface area contributed by atoms with Crippen molar-refractivity contribution in [3.63, 3.8) is 0 Å². The third-order valence-electron chi connectivity index (χ3n) is 3.24. The molecule has 0 saturated heterocycles. The average molecular weight is 348 g/mol. The lowest BCUT2D eigenvalue weighted by Crippen LogP contribution is -2.33. The van der Waals surface area contributed by atoms with Crippen LogP contribution in [0.4, 0.5) is 0 Å². The molecule has 0 aliphatic rings. The van der Waals surface area contributed by atoms with E-state index in [0.717, 1.165) is 10.0 Å².